The second kappa shape index (κ2) is 8.38. The summed E-state index contributed by atoms with van der Waals surface area (Å²) in [6.45, 7) is 2.78. The predicted octanol–water partition coefficient (Wildman–Crippen LogP) is 3.40. The molecule has 18 heavy (non-hydrogen) atoms. The van der Waals surface area contributed by atoms with Crippen molar-refractivity contribution in [3.8, 4) is 5.75 Å². The lowest BCUT2D eigenvalue weighted by Gasteiger charge is -2.08. The fourth-order valence-electron chi connectivity index (χ4n) is 1.37. The Balaban J connectivity index is 2.17. The first-order valence-electron chi connectivity index (χ1n) is 5.87. The van der Waals surface area contributed by atoms with Gasteiger partial charge in [-0.05, 0) is 31.0 Å². The third kappa shape index (κ3) is 6.87. The molecule has 0 aromatic heterocycles. The lowest BCUT2D eigenvalue weighted by molar-refractivity contribution is -0.123. The van der Waals surface area contributed by atoms with Gasteiger partial charge in [0.1, 0.15) is 5.75 Å². The number of carbonyl (C=O) groups excluding carboxylic acids is 1. The molecular weight excluding hydrogens is 318 g/mol. The molecule has 0 spiro atoms. The van der Waals surface area contributed by atoms with Crippen molar-refractivity contribution in [2.24, 2.45) is 0 Å². The second-order valence-electron chi connectivity index (χ2n) is 4.02. The summed E-state index contributed by atoms with van der Waals surface area (Å²) in [5.74, 6) is 0.490. The largest absolute Gasteiger partial charge is 0.484 e. The maximum absolute atomic E-state index is 11.5. The summed E-state index contributed by atoms with van der Waals surface area (Å²) in [5.41, 5.74) is 0. The van der Waals surface area contributed by atoms with Gasteiger partial charge in [-0.3, -0.25) is 4.79 Å². The fraction of sp³-hybridized carbons (Fsp3) is 0.462. The zero-order valence-electron chi connectivity index (χ0n) is 10.3. The van der Waals surface area contributed by atoms with E-state index < -0.39 is 0 Å². The molecule has 0 fully saturated rings. The van der Waals surface area contributed by atoms with Crippen LogP contribution in [0.3, 0.4) is 0 Å². The minimum absolute atomic E-state index is 0.0181. The summed E-state index contributed by atoms with van der Waals surface area (Å²) in [6, 6.07) is 7.00. The van der Waals surface area contributed by atoms with Gasteiger partial charge in [-0.25, -0.2) is 0 Å². The molecule has 1 aromatic carbocycles. The van der Waals surface area contributed by atoms with Crippen LogP contribution < -0.4 is 10.1 Å². The van der Waals surface area contributed by atoms with Crippen LogP contribution in [0, 0.1) is 0 Å². The van der Waals surface area contributed by atoms with Gasteiger partial charge in [0.05, 0.1) is 0 Å². The van der Waals surface area contributed by atoms with Gasteiger partial charge in [-0.15, -0.1) is 0 Å². The number of nitrogens with one attached hydrogen (secondary N) is 1. The molecule has 0 bridgehead atoms. The highest BCUT2D eigenvalue weighted by Gasteiger charge is 2.03. The van der Waals surface area contributed by atoms with E-state index in [1.807, 2.05) is 0 Å². The number of hydrogen-bond donors (Lipinski definition) is 1. The molecule has 5 heteroatoms. The molecule has 100 valence electrons. The quantitative estimate of drug-likeness (QED) is 0.613. The molecule has 0 heterocycles. The second-order valence-corrected chi connectivity index (χ2v) is 6.02. The van der Waals surface area contributed by atoms with Crippen LogP contribution >= 0.6 is 27.5 Å². The van der Waals surface area contributed by atoms with E-state index in [1.54, 1.807) is 24.3 Å². The molecule has 1 N–H and O–H groups in total. The average Bonchev–Trinajstić information content (AvgIpc) is 2.32. The number of halogens is 2. The normalized spacial score (nSPS) is 11.9. The van der Waals surface area contributed by atoms with Gasteiger partial charge in [-0.1, -0.05) is 40.5 Å². The van der Waals surface area contributed by atoms with Crippen LogP contribution in [0.2, 0.25) is 5.02 Å². The Hall–Kier alpha value is -0.740. The van der Waals surface area contributed by atoms with Gasteiger partial charge >= 0.3 is 0 Å². The van der Waals surface area contributed by atoms with E-state index in [0.717, 1.165) is 12.8 Å². The van der Waals surface area contributed by atoms with Crippen molar-refractivity contribution in [3.63, 3.8) is 0 Å². The SMILES string of the molecule is CC(Br)CCCNC(=O)COc1cccc(Cl)c1. The molecular formula is C13H17BrClNO2. The molecule has 3 nitrogen and oxygen atoms in total. The predicted molar refractivity (Wildman–Crippen MR) is 77.6 cm³/mol. The van der Waals surface area contributed by atoms with Crippen LogP contribution in [0.15, 0.2) is 24.3 Å². The van der Waals surface area contributed by atoms with Crippen molar-refractivity contribution in [3.05, 3.63) is 29.3 Å². The first-order chi connectivity index (χ1) is 8.58. The number of ether oxygens (including phenoxy) is 1. The van der Waals surface area contributed by atoms with Gasteiger partial charge in [0.25, 0.3) is 5.91 Å². The molecule has 0 aliphatic heterocycles. The first-order valence-corrected chi connectivity index (χ1v) is 7.16. The van der Waals surface area contributed by atoms with Gasteiger partial charge in [0.15, 0.2) is 6.61 Å². The van der Waals surface area contributed by atoms with Crippen LogP contribution in [0.25, 0.3) is 0 Å². The van der Waals surface area contributed by atoms with E-state index >= 15 is 0 Å². The maximum atomic E-state index is 11.5. The summed E-state index contributed by atoms with van der Waals surface area (Å²) in [4.78, 5) is 11.9. The number of carbonyl (C=O) groups is 1. The smallest absolute Gasteiger partial charge is 0.257 e. The monoisotopic (exact) mass is 333 g/mol. The Morgan fingerprint density at radius 1 is 1.56 bits per heavy atom. The number of hydrogen-bond acceptors (Lipinski definition) is 2. The van der Waals surface area contributed by atoms with Crippen LogP contribution in [-0.4, -0.2) is 23.9 Å². The highest BCUT2D eigenvalue weighted by molar-refractivity contribution is 9.09. The maximum Gasteiger partial charge on any atom is 0.257 e. The molecule has 1 aromatic rings. The van der Waals surface area contributed by atoms with Gasteiger partial charge in [0, 0.05) is 16.4 Å². The van der Waals surface area contributed by atoms with Crippen molar-refractivity contribution in [1.82, 2.24) is 5.32 Å². The van der Waals surface area contributed by atoms with Crippen molar-refractivity contribution < 1.29 is 9.53 Å². The lowest BCUT2D eigenvalue weighted by Crippen LogP contribution is -2.29. The van der Waals surface area contributed by atoms with Crippen LogP contribution in [0.1, 0.15) is 19.8 Å². The number of benzene rings is 1. The number of amides is 1. The minimum Gasteiger partial charge on any atom is -0.484 e. The number of rotatable bonds is 7. The molecule has 0 saturated heterocycles. The van der Waals surface area contributed by atoms with Crippen molar-refractivity contribution >= 4 is 33.4 Å². The minimum atomic E-state index is -0.114. The molecule has 1 rings (SSSR count). The Morgan fingerprint density at radius 2 is 2.33 bits per heavy atom. The summed E-state index contributed by atoms with van der Waals surface area (Å²) in [5, 5.41) is 3.40. The van der Waals surface area contributed by atoms with Crippen LogP contribution in [-0.2, 0) is 4.79 Å². The van der Waals surface area contributed by atoms with E-state index in [2.05, 4.69) is 28.2 Å². The van der Waals surface area contributed by atoms with Crippen LogP contribution in [0.4, 0.5) is 0 Å². The summed E-state index contributed by atoms with van der Waals surface area (Å²) in [6.07, 6.45) is 1.99. The molecule has 0 radical (unpaired) electrons. The molecule has 1 atom stereocenters. The Morgan fingerprint density at radius 3 is 3.00 bits per heavy atom. The third-order valence-corrected chi connectivity index (χ3v) is 2.96. The molecule has 1 unspecified atom stereocenters. The van der Waals surface area contributed by atoms with E-state index in [4.69, 9.17) is 16.3 Å². The van der Waals surface area contributed by atoms with E-state index in [1.165, 1.54) is 0 Å². The molecule has 0 aliphatic carbocycles. The fourth-order valence-corrected chi connectivity index (χ4v) is 1.87. The van der Waals surface area contributed by atoms with Gasteiger partial charge in [0.2, 0.25) is 0 Å². The molecule has 1 amide bonds. The first kappa shape index (κ1) is 15.3. The molecule has 0 aliphatic rings. The van der Waals surface area contributed by atoms with E-state index in [9.17, 15) is 4.79 Å². The van der Waals surface area contributed by atoms with Crippen LogP contribution in [0.5, 0.6) is 5.75 Å². The lowest BCUT2D eigenvalue weighted by atomic mass is 10.2. The summed E-state index contributed by atoms with van der Waals surface area (Å²) < 4.78 is 5.32. The highest BCUT2D eigenvalue weighted by atomic mass is 79.9. The topological polar surface area (TPSA) is 38.3 Å². The van der Waals surface area contributed by atoms with Crippen molar-refractivity contribution in [1.29, 1.82) is 0 Å². The summed E-state index contributed by atoms with van der Waals surface area (Å²) >= 11 is 9.27. The molecule has 0 saturated carbocycles. The standard InChI is InChI=1S/C13H17BrClNO2/c1-10(14)4-3-7-16-13(17)9-18-12-6-2-5-11(15)8-12/h2,5-6,8,10H,3-4,7,9H2,1H3,(H,16,17). The van der Waals surface area contributed by atoms with Gasteiger partial charge < -0.3 is 10.1 Å². The van der Waals surface area contributed by atoms with E-state index in [-0.39, 0.29) is 12.5 Å². The Labute approximate surface area is 121 Å². The van der Waals surface area contributed by atoms with Crippen molar-refractivity contribution in [2.75, 3.05) is 13.2 Å². The zero-order chi connectivity index (χ0) is 13.4. The third-order valence-electron chi connectivity index (χ3n) is 2.27. The average molecular weight is 335 g/mol. The zero-order valence-corrected chi connectivity index (χ0v) is 12.6. The number of alkyl halides is 1. The Kier molecular flexibility index (Phi) is 7.13. The highest BCUT2D eigenvalue weighted by Crippen LogP contribution is 2.16. The summed E-state index contributed by atoms with van der Waals surface area (Å²) in [7, 11) is 0. The van der Waals surface area contributed by atoms with E-state index in [0.29, 0.717) is 22.1 Å². The Bertz CT molecular complexity index is 385. The van der Waals surface area contributed by atoms with Crippen molar-refractivity contribution in [2.45, 2.75) is 24.6 Å². The van der Waals surface area contributed by atoms with Gasteiger partial charge in [-0.2, -0.15) is 0 Å².